The summed E-state index contributed by atoms with van der Waals surface area (Å²) >= 11 is 5.41. The zero-order valence-electron chi connectivity index (χ0n) is 8.86. The summed E-state index contributed by atoms with van der Waals surface area (Å²) < 4.78 is 15.6. The van der Waals surface area contributed by atoms with Crippen molar-refractivity contribution in [3.63, 3.8) is 0 Å². The maximum absolute atomic E-state index is 9.07. The molecule has 2 unspecified atom stereocenters. The molecule has 1 N–H and O–H groups in total. The van der Waals surface area contributed by atoms with Crippen LogP contribution in [0.15, 0.2) is 0 Å². The van der Waals surface area contributed by atoms with Crippen LogP contribution in [0.5, 0.6) is 0 Å². The highest BCUT2D eigenvalue weighted by molar-refractivity contribution is 6.18. The summed E-state index contributed by atoms with van der Waals surface area (Å²) in [6.45, 7) is 3.28. The van der Waals surface area contributed by atoms with Gasteiger partial charge < -0.3 is 19.3 Å². The normalized spacial score (nSPS) is 21.6. The molecule has 0 aromatic heterocycles. The van der Waals surface area contributed by atoms with Crippen molar-refractivity contribution in [3.8, 4) is 0 Å². The van der Waals surface area contributed by atoms with Gasteiger partial charge in [0.15, 0.2) is 0 Å². The van der Waals surface area contributed by atoms with E-state index in [0.717, 1.165) is 26.1 Å². The fraction of sp³-hybridized carbons (Fsp3) is 1.00. The van der Waals surface area contributed by atoms with Gasteiger partial charge in [-0.2, -0.15) is 0 Å². The van der Waals surface area contributed by atoms with Gasteiger partial charge in [0.2, 0.25) is 0 Å². The molecule has 1 saturated heterocycles. The summed E-state index contributed by atoms with van der Waals surface area (Å²) in [5.41, 5.74) is 0. The molecule has 0 aromatic carbocycles. The van der Waals surface area contributed by atoms with Gasteiger partial charge in [0.1, 0.15) is 6.10 Å². The minimum atomic E-state index is -0.546. The van der Waals surface area contributed by atoms with Gasteiger partial charge in [-0.25, -0.2) is 0 Å². The summed E-state index contributed by atoms with van der Waals surface area (Å²) in [7, 11) is 0. The number of epoxide rings is 1. The van der Waals surface area contributed by atoms with Crippen molar-refractivity contribution in [1.82, 2.24) is 0 Å². The number of alkyl halides is 1. The maximum atomic E-state index is 9.07. The molecule has 90 valence electrons. The third-order valence-corrected chi connectivity index (χ3v) is 2.38. The molecule has 0 spiro atoms. The molecule has 1 aliphatic heterocycles. The fourth-order valence-corrected chi connectivity index (χ4v) is 1.14. The van der Waals surface area contributed by atoms with Crippen LogP contribution in [0.3, 0.4) is 0 Å². The van der Waals surface area contributed by atoms with Crippen molar-refractivity contribution >= 4 is 11.6 Å². The zero-order valence-corrected chi connectivity index (χ0v) is 9.62. The van der Waals surface area contributed by atoms with Gasteiger partial charge in [0, 0.05) is 13.2 Å². The second-order valence-corrected chi connectivity index (χ2v) is 3.93. The Morgan fingerprint density at radius 2 is 2.00 bits per heavy atom. The monoisotopic (exact) mass is 238 g/mol. The van der Waals surface area contributed by atoms with Gasteiger partial charge >= 0.3 is 0 Å². The van der Waals surface area contributed by atoms with Gasteiger partial charge in [0.25, 0.3) is 0 Å². The van der Waals surface area contributed by atoms with Crippen molar-refractivity contribution in [2.24, 2.45) is 0 Å². The lowest BCUT2D eigenvalue weighted by molar-refractivity contribution is 0.0417. The summed E-state index contributed by atoms with van der Waals surface area (Å²) in [5.74, 6) is 0.227. The van der Waals surface area contributed by atoms with Crippen molar-refractivity contribution in [2.75, 3.05) is 38.9 Å². The van der Waals surface area contributed by atoms with E-state index in [2.05, 4.69) is 0 Å². The largest absolute Gasteiger partial charge is 0.389 e. The van der Waals surface area contributed by atoms with Crippen LogP contribution in [-0.2, 0) is 14.2 Å². The minimum absolute atomic E-state index is 0.227. The Labute approximate surface area is 95.5 Å². The smallest absolute Gasteiger partial charge is 0.104 e. The summed E-state index contributed by atoms with van der Waals surface area (Å²) in [6.07, 6.45) is 1.72. The van der Waals surface area contributed by atoms with Crippen LogP contribution in [0.4, 0.5) is 0 Å². The molecule has 15 heavy (non-hydrogen) atoms. The Bertz CT molecular complexity index is 152. The second-order valence-electron chi connectivity index (χ2n) is 3.62. The highest BCUT2D eigenvalue weighted by Gasteiger charge is 2.21. The molecule has 0 aromatic rings. The zero-order chi connectivity index (χ0) is 10.9. The van der Waals surface area contributed by atoms with Crippen LogP contribution < -0.4 is 0 Å². The molecule has 4 nitrogen and oxygen atoms in total. The fourth-order valence-electron chi connectivity index (χ4n) is 1.05. The minimum Gasteiger partial charge on any atom is -0.389 e. The van der Waals surface area contributed by atoms with E-state index >= 15 is 0 Å². The molecule has 1 heterocycles. The lowest BCUT2D eigenvalue weighted by atomic mass is 10.3. The lowest BCUT2D eigenvalue weighted by Gasteiger charge is -2.07. The van der Waals surface area contributed by atoms with Crippen molar-refractivity contribution in [1.29, 1.82) is 0 Å². The maximum Gasteiger partial charge on any atom is 0.104 e. The van der Waals surface area contributed by atoms with E-state index in [0.29, 0.717) is 25.9 Å². The molecule has 0 aliphatic carbocycles. The van der Waals surface area contributed by atoms with Gasteiger partial charge in [-0.1, -0.05) is 0 Å². The molecule has 0 bridgehead atoms. The number of hydrogen-bond acceptors (Lipinski definition) is 4. The number of halogens is 1. The Hall–Kier alpha value is 0.130. The Morgan fingerprint density at radius 1 is 1.33 bits per heavy atom. The number of ether oxygens (including phenoxy) is 3. The standard InChI is InChI=1S/C10H19ClO4/c11-5-9(12)6-13-3-1-2-4-14-7-10-8-15-10/h9-10,12H,1-8H2. The first-order chi connectivity index (χ1) is 7.33. The summed E-state index contributed by atoms with van der Waals surface area (Å²) in [5, 5.41) is 9.07. The SMILES string of the molecule is OC(CCl)COCCCCOCC1CO1. The van der Waals surface area contributed by atoms with Crippen LogP contribution in [-0.4, -0.2) is 56.2 Å². The molecule has 2 atom stereocenters. The number of aliphatic hydroxyl groups excluding tert-OH is 1. The average Bonchev–Trinajstić information content (AvgIpc) is 3.05. The first-order valence-corrected chi connectivity index (χ1v) is 5.87. The van der Waals surface area contributed by atoms with Gasteiger partial charge in [-0.3, -0.25) is 0 Å². The molecule has 1 fully saturated rings. The molecule has 1 aliphatic rings. The Morgan fingerprint density at radius 3 is 2.60 bits per heavy atom. The van der Waals surface area contributed by atoms with E-state index in [9.17, 15) is 0 Å². The molecule has 0 amide bonds. The van der Waals surface area contributed by atoms with Gasteiger partial charge in [-0.05, 0) is 12.8 Å². The van der Waals surface area contributed by atoms with Gasteiger partial charge in [0.05, 0.1) is 31.8 Å². The number of aliphatic hydroxyl groups is 1. The van der Waals surface area contributed by atoms with E-state index in [1.54, 1.807) is 0 Å². The van der Waals surface area contributed by atoms with E-state index in [-0.39, 0.29) is 5.88 Å². The number of unbranched alkanes of at least 4 members (excludes halogenated alkanes) is 1. The quantitative estimate of drug-likeness (QED) is 0.348. The van der Waals surface area contributed by atoms with Gasteiger partial charge in [-0.15, -0.1) is 11.6 Å². The molecule has 5 heteroatoms. The van der Waals surface area contributed by atoms with E-state index in [1.807, 2.05) is 0 Å². The first kappa shape index (κ1) is 13.2. The lowest BCUT2D eigenvalue weighted by Crippen LogP contribution is -2.17. The van der Waals surface area contributed by atoms with Crippen LogP contribution in [0.25, 0.3) is 0 Å². The topological polar surface area (TPSA) is 51.2 Å². The van der Waals surface area contributed by atoms with Crippen LogP contribution in [0.2, 0.25) is 0 Å². The van der Waals surface area contributed by atoms with Crippen LogP contribution in [0, 0.1) is 0 Å². The molecule has 1 rings (SSSR count). The van der Waals surface area contributed by atoms with Crippen molar-refractivity contribution < 1.29 is 19.3 Å². The number of rotatable bonds is 10. The van der Waals surface area contributed by atoms with E-state index in [4.69, 9.17) is 30.9 Å². The average molecular weight is 239 g/mol. The number of hydrogen-bond donors (Lipinski definition) is 1. The third-order valence-electron chi connectivity index (χ3n) is 2.02. The Kier molecular flexibility index (Phi) is 7.30. The Balaban J connectivity index is 1.68. The first-order valence-electron chi connectivity index (χ1n) is 5.34. The highest BCUT2D eigenvalue weighted by Crippen LogP contribution is 2.08. The van der Waals surface area contributed by atoms with Crippen molar-refractivity contribution in [2.45, 2.75) is 25.0 Å². The van der Waals surface area contributed by atoms with E-state index in [1.165, 1.54) is 0 Å². The summed E-state index contributed by atoms with van der Waals surface area (Å²) in [4.78, 5) is 0. The molecular formula is C10H19ClO4. The predicted octanol–water partition coefficient (Wildman–Crippen LogP) is 0.798. The summed E-state index contributed by atoms with van der Waals surface area (Å²) in [6, 6.07) is 0. The highest BCUT2D eigenvalue weighted by atomic mass is 35.5. The molecule has 0 radical (unpaired) electrons. The predicted molar refractivity (Wildman–Crippen MR) is 57.3 cm³/mol. The van der Waals surface area contributed by atoms with Crippen molar-refractivity contribution in [3.05, 3.63) is 0 Å². The second kappa shape index (κ2) is 8.30. The molecular weight excluding hydrogens is 220 g/mol. The van der Waals surface area contributed by atoms with Crippen LogP contribution in [0.1, 0.15) is 12.8 Å². The molecule has 0 saturated carbocycles. The van der Waals surface area contributed by atoms with Crippen LogP contribution >= 0.6 is 11.6 Å². The van der Waals surface area contributed by atoms with E-state index < -0.39 is 6.10 Å². The third kappa shape index (κ3) is 7.99.